The molecule has 0 bridgehead atoms. The van der Waals surface area contributed by atoms with Crippen molar-refractivity contribution >= 4 is 11.7 Å². The Labute approximate surface area is 255 Å². The first-order valence-corrected chi connectivity index (χ1v) is 14.5. The summed E-state index contributed by atoms with van der Waals surface area (Å²) in [6.07, 6.45) is 0.604. The number of rotatable bonds is 12. The monoisotopic (exact) mass is 593 g/mol. The Morgan fingerprint density at radius 2 is 1.52 bits per heavy atom. The normalized spacial score (nSPS) is 11.9. The van der Waals surface area contributed by atoms with Gasteiger partial charge >= 0.3 is 5.69 Å². The van der Waals surface area contributed by atoms with Gasteiger partial charge in [-0.15, -0.1) is 10.2 Å². The first-order valence-electron chi connectivity index (χ1n) is 14.5. The third-order valence-corrected chi connectivity index (χ3v) is 7.38. The molecule has 3 aromatic carbocycles. The van der Waals surface area contributed by atoms with Crippen molar-refractivity contribution in [2.24, 2.45) is 5.92 Å². The van der Waals surface area contributed by atoms with Crippen LogP contribution in [0, 0.1) is 12.8 Å². The maximum absolute atomic E-state index is 13.6. The number of amides is 1. The lowest BCUT2D eigenvalue weighted by Gasteiger charge is -2.20. The van der Waals surface area contributed by atoms with E-state index in [9.17, 15) is 19.5 Å². The highest BCUT2D eigenvalue weighted by Gasteiger charge is 2.30. The standard InChI is InChI=1S/C34H35N5O5/c1-22(2)30(31(41)32-37-36-29(44-32)19-26-16-10-11-23(3)17-26)35-28(40)21-38-27(18-24-12-6-4-7-13-24)33(42)39(34(38)43)20-25-14-8-5-9-15-25/h4-17,22,30,42H,18-21H2,1-3H3,(H,35,40)/t30-/m1/s1. The fourth-order valence-electron chi connectivity index (χ4n) is 5.12. The molecule has 0 saturated carbocycles. The van der Waals surface area contributed by atoms with Crippen LogP contribution in [0.15, 0.2) is 94.1 Å². The third-order valence-electron chi connectivity index (χ3n) is 7.38. The van der Waals surface area contributed by atoms with Gasteiger partial charge in [-0.2, -0.15) is 0 Å². The predicted molar refractivity (Wildman–Crippen MR) is 165 cm³/mol. The van der Waals surface area contributed by atoms with Gasteiger partial charge in [0.15, 0.2) is 0 Å². The molecule has 1 amide bonds. The van der Waals surface area contributed by atoms with Crippen LogP contribution in [-0.2, 0) is 30.7 Å². The molecule has 2 N–H and O–H groups in total. The van der Waals surface area contributed by atoms with Gasteiger partial charge in [-0.25, -0.2) is 4.79 Å². The number of carbonyl (C=O) groups is 2. The molecule has 1 atom stereocenters. The molecule has 0 spiro atoms. The lowest BCUT2D eigenvalue weighted by atomic mass is 9.99. The number of nitrogens with zero attached hydrogens (tertiary/aromatic N) is 4. The second kappa shape index (κ2) is 13.4. The van der Waals surface area contributed by atoms with Crippen molar-refractivity contribution in [2.45, 2.75) is 52.7 Å². The third kappa shape index (κ3) is 7.03. The molecule has 0 aliphatic carbocycles. The average Bonchev–Trinajstić information content (AvgIpc) is 3.56. The number of benzene rings is 3. The van der Waals surface area contributed by atoms with E-state index in [0.29, 0.717) is 18.0 Å². The molecule has 44 heavy (non-hydrogen) atoms. The van der Waals surface area contributed by atoms with Gasteiger partial charge in [0.2, 0.25) is 23.5 Å². The SMILES string of the molecule is Cc1cccc(Cc2nnc(C(=O)[C@H](NC(=O)Cn3c(Cc4ccccc4)c(O)n(Cc4ccccc4)c3=O)C(C)C)o2)c1. The molecule has 226 valence electrons. The van der Waals surface area contributed by atoms with Crippen LogP contribution in [0.3, 0.4) is 0 Å². The van der Waals surface area contributed by atoms with E-state index in [4.69, 9.17) is 4.42 Å². The summed E-state index contributed by atoms with van der Waals surface area (Å²) in [5.41, 5.74) is 3.53. The molecule has 2 heterocycles. The van der Waals surface area contributed by atoms with Crippen molar-refractivity contribution in [1.29, 1.82) is 0 Å². The largest absolute Gasteiger partial charge is 0.493 e. The Balaban J connectivity index is 1.36. The molecule has 0 fully saturated rings. The summed E-state index contributed by atoms with van der Waals surface area (Å²) in [5.74, 6) is -1.50. The first kappa shape index (κ1) is 30.2. The minimum absolute atomic E-state index is 0.136. The molecular weight excluding hydrogens is 558 g/mol. The number of ketones is 1. The van der Waals surface area contributed by atoms with Crippen molar-refractivity contribution in [2.75, 3.05) is 0 Å². The van der Waals surface area contributed by atoms with Crippen LogP contribution < -0.4 is 11.0 Å². The summed E-state index contributed by atoms with van der Waals surface area (Å²) < 4.78 is 8.20. The molecule has 0 aliphatic rings. The Morgan fingerprint density at radius 3 is 2.18 bits per heavy atom. The fourth-order valence-corrected chi connectivity index (χ4v) is 5.12. The zero-order chi connectivity index (χ0) is 31.2. The number of aryl methyl sites for hydroxylation is 1. The van der Waals surface area contributed by atoms with Gasteiger partial charge in [0.25, 0.3) is 5.89 Å². The van der Waals surface area contributed by atoms with Crippen molar-refractivity contribution < 1.29 is 19.1 Å². The van der Waals surface area contributed by atoms with Gasteiger partial charge in [0, 0.05) is 6.42 Å². The summed E-state index contributed by atoms with van der Waals surface area (Å²) in [6, 6.07) is 25.6. The smallest absolute Gasteiger partial charge is 0.332 e. The Morgan fingerprint density at radius 1 is 0.864 bits per heavy atom. The zero-order valence-corrected chi connectivity index (χ0v) is 24.9. The molecule has 0 aliphatic heterocycles. The lowest BCUT2D eigenvalue weighted by Crippen LogP contribution is -2.46. The predicted octanol–water partition coefficient (Wildman–Crippen LogP) is 4.30. The van der Waals surface area contributed by atoms with E-state index in [1.165, 1.54) is 9.13 Å². The maximum atomic E-state index is 13.6. The topological polar surface area (TPSA) is 132 Å². The summed E-state index contributed by atoms with van der Waals surface area (Å²) in [5, 5.41) is 21.9. The maximum Gasteiger partial charge on any atom is 0.332 e. The minimum atomic E-state index is -0.969. The number of hydrogen-bond donors (Lipinski definition) is 2. The highest BCUT2D eigenvalue weighted by Crippen LogP contribution is 2.22. The van der Waals surface area contributed by atoms with Crippen molar-refractivity contribution in [3.8, 4) is 5.88 Å². The van der Waals surface area contributed by atoms with Gasteiger partial charge in [0.05, 0.1) is 24.7 Å². The van der Waals surface area contributed by atoms with Crippen molar-refractivity contribution in [1.82, 2.24) is 24.6 Å². The number of nitrogens with one attached hydrogen (secondary N) is 1. The van der Waals surface area contributed by atoms with Gasteiger partial charge in [-0.3, -0.25) is 18.7 Å². The minimum Gasteiger partial charge on any atom is -0.493 e. The summed E-state index contributed by atoms with van der Waals surface area (Å²) in [4.78, 5) is 40.4. The molecule has 5 rings (SSSR count). The number of aromatic hydroxyl groups is 1. The molecule has 2 aromatic heterocycles. The molecule has 10 heteroatoms. The Hall–Kier alpha value is -5.25. The van der Waals surface area contributed by atoms with E-state index in [2.05, 4.69) is 15.5 Å². The highest BCUT2D eigenvalue weighted by molar-refractivity contribution is 5.98. The molecule has 10 nitrogen and oxygen atoms in total. The van der Waals surface area contributed by atoms with Crippen LogP contribution in [0.4, 0.5) is 0 Å². The average molecular weight is 594 g/mol. The van der Waals surface area contributed by atoms with Crippen molar-refractivity contribution in [3.63, 3.8) is 0 Å². The summed E-state index contributed by atoms with van der Waals surface area (Å²) >= 11 is 0. The first-order chi connectivity index (χ1) is 21.2. The fraction of sp³-hybridized carbons (Fsp3) is 0.265. The van der Waals surface area contributed by atoms with Crippen LogP contribution in [0.1, 0.15) is 58.4 Å². The van der Waals surface area contributed by atoms with E-state index < -0.39 is 30.0 Å². The molecule has 0 unspecified atom stereocenters. The summed E-state index contributed by atoms with van der Waals surface area (Å²) in [7, 11) is 0. The highest BCUT2D eigenvalue weighted by atomic mass is 16.4. The number of Topliss-reactive ketones (excluding diaryl/α,β-unsaturated/α-hetero) is 1. The van der Waals surface area contributed by atoms with Crippen molar-refractivity contribution in [3.05, 3.63) is 135 Å². The second-order valence-corrected chi connectivity index (χ2v) is 11.2. The Kier molecular flexibility index (Phi) is 9.18. The van der Waals surface area contributed by atoms with E-state index in [-0.39, 0.29) is 30.7 Å². The van der Waals surface area contributed by atoms with Gasteiger partial charge in [-0.05, 0) is 29.5 Å². The molecular formula is C34H35N5O5. The quantitative estimate of drug-likeness (QED) is 0.206. The number of aromatic nitrogens is 4. The van der Waals surface area contributed by atoms with Gasteiger partial charge < -0.3 is 14.8 Å². The van der Waals surface area contributed by atoms with Crippen LogP contribution in [0.2, 0.25) is 0 Å². The lowest BCUT2D eigenvalue weighted by molar-refractivity contribution is -0.122. The number of imidazole rings is 1. The van der Waals surface area contributed by atoms with Crippen LogP contribution in [0.25, 0.3) is 0 Å². The summed E-state index contributed by atoms with van der Waals surface area (Å²) in [6.45, 7) is 5.32. The molecule has 0 radical (unpaired) electrons. The van der Waals surface area contributed by atoms with E-state index in [0.717, 1.165) is 22.3 Å². The van der Waals surface area contributed by atoms with E-state index >= 15 is 0 Å². The molecule has 0 saturated heterocycles. The van der Waals surface area contributed by atoms with Crippen LogP contribution >= 0.6 is 0 Å². The second-order valence-electron chi connectivity index (χ2n) is 11.2. The zero-order valence-electron chi connectivity index (χ0n) is 24.9. The Bertz CT molecular complexity index is 1800. The van der Waals surface area contributed by atoms with E-state index in [1.807, 2.05) is 91.9 Å². The number of hydrogen-bond acceptors (Lipinski definition) is 7. The van der Waals surface area contributed by atoms with E-state index in [1.54, 1.807) is 13.8 Å². The number of carbonyl (C=O) groups excluding carboxylic acids is 2. The van der Waals surface area contributed by atoms with Gasteiger partial charge in [0.1, 0.15) is 6.54 Å². The van der Waals surface area contributed by atoms with Gasteiger partial charge in [-0.1, -0.05) is 104 Å². The van der Waals surface area contributed by atoms with Crippen LogP contribution in [-0.4, -0.2) is 42.2 Å². The van der Waals surface area contributed by atoms with Crippen LogP contribution in [0.5, 0.6) is 5.88 Å². The molecule has 5 aromatic rings.